The highest BCUT2D eigenvalue weighted by molar-refractivity contribution is 8.14. The molecule has 1 aliphatic heterocycles. The van der Waals surface area contributed by atoms with Crippen molar-refractivity contribution in [2.75, 3.05) is 5.75 Å². The number of nitrogens with one attached hydrogen (secondary N) is 1. The minimum Gasteiger partial charge on any atom is -0.305 e. The molecule has 0 bridgehead atoms. The maximum atomic E-state index is 12.0. The standard InChI is InChI=1S/C13H13N3O4S/c1-8-6-12(18)15-13(14-8)21-7-11(17)9-2-4-10(5-3-9)16(19)20/h2-5,8H,6-7H2,1H3,(H,14,15,18)/t8-/m1/s1. The molecule has 1 aliphatic rings. The van der Waals surface area contributed by atoms with Crippen LogP contribution in [0.15, 0.2) is 29.3 Å². The number of nitro benzene ring substituents is 1. The Morgan fingerprint density at radius 2 is 2.14 bits per heavy atom. The van der Waals surface area contributed by atoms with Crippen LogP contribution in [-0.2, 0) is 4.79 Å². The third-order valence-electron chi connectivity index (χ3n) is 2.80. The topological polar surface area (TPSA) is 102 Å². The monoisotopic (exact) mass is 307 g/mol. The average Bonchev–Trinajstić information content (AvgIpc) is 2.44. The quantitative estimate of drug-likeness (QED) is 0.519. The number of thioether (sulfide) groups is 1. The van der Waals surface area contributed by atoms with Gasteiger partial charge < -0.3 is 5.32 Å². The van der Waals surface area contributed by atoms with E-state index >= 15 is 0 Å². The third-order valence-corrected chi connectivity index (χ3v) is 3.69. The van der Waals surface area contributed by atoms with Gasteiger partial charge in [0.15, 0.2) is 11.0 Å². The molecule has 1 heterocycles. The van der Waals surface area contributed by atoms with Gasteiger partial charge in [0.05, 0.1) is 16.7 Å². The van der Waals surface area contributed by atoms with Crippen molar-refractivity contribution < 1.29 is 14.5 Å². The van der Waals surface area contributed by atoms with Crippen molar-refractivity contribution >= 4 is 34.3 Å². The molecule has 0 unspecified atom stereocenters. The maximum absolute atomic E-state index is 12.0. The zero-order valence-electron chi connectivity index (χ0n) is 11.2. The largest absolute Gasteiger partial charge is 0.305 e. The number of aliphatic imine (C=N–C) groups is 1. The molecule has 0 fully saturated rings. The number of amidine groups is 1. The first-order valence-corrected chi connectivity index (χ1v) is 7.22. The van der Waals surface area contributed by atoms with Crippen LogP contribution in [0.5, 0.6) is 0 Å². The molecule has 0 saturated heterocycles. The Labute approximate surface area is 125 Å². The molecule has 0 aliphatic carbocycles. The van der Waals surface area contributed by atoms with Crippen LogP contribution in [0.25, 0.3) is 0 Å². The fourth-order valence-electron chi connectivity index (χ4n) is 1.78. The number of non-ortho nitro benzene ring substituents is 1. The van der Waals surface area contributed by atoms with E-state index in [4.69, 9.17) is 0 Å². The second-order valence-corrected chi connectivity index (χ2v) is 5.52. The van der Waals surface area contributed by atoms with Gasteiger partial charge >= 0.3 is 0 Å². The summed E-state index contributed by atoms with van der Waals surface area (Å²) in [6, 6.07) is 5.34. The summed E-state index contributed by atoms with van der Waals surface area (Å²) in [7, 11) is 0. The van der Waals surface area contributed by atoms with Gasteiger partial charge in [0.2, 0.25) is 5.91 Å². The van der Waals surface area contributed by atoms with E-state index in [0.29, 0.717) is 17.2 Å². The normalized spacial score (nSPS) is 17.9. The predicted molar refractivity (Wildman–Crippen MR) is 79.5 cm³/mol. The van der Waals surface area contributed by atoms with E-state index in [-0.39, 0.29) is 29.2 Å². The Kier molecular flexibility index (Phi) is 4.69. The summed E-state index contributed by atoms with van der Waals surface area (Å²) in [5.41, 5.74) is 0.334. The molecular formula is C13H13N3O4S. The number of nitro groups is 1. The summed E-state index contributed by atoms with van der Waals surface area (Å²) in [5, 5.41) is 13.6. The smallest absolute Gasteiger partial charge is 0.269 e. The van der Waals surface area contributed by atoms with E-state index in [9.17, 15) is 19.7 Å². The molecule has 8 heteroatoms. The van der Waals surface area contributed by atoms with Gasteiger partial charge in [0.1, 0.15) is 0 Å². The molecule has 1 aromatic carbocycles. The predicted octanol–water partition coefficient (Wildman–Crippen LogP) is 1.78. The number of nitrogens with zero attached hydrogens (tertiary/aromatic N) is 2. The number of Topliss-reactive ketones (excluding diaryl/α,β-unsaturated/α-hetero) is 1. The number of amides is 1. The van der Waals surface area contributed by atoms with Crippen LogP contribution in [0, 0.1) is 10.1 Å². The summed E-state index contributed by atoms with van der Waals surface area (Å²) in [6.45, 7) is 1.83. The molecule has 1 aromatic rings. The fraction of sp³-hybridized carbons (Fsp3) is 0.308. The van der Waals surface area contributed by atoms with Crippen LogP contribution in [0.1, 0.15) is 23.7 Å². The SMILES string of the molecule is C[C@@H]1CC(=O)NC(SCC(=O)c2ccc([N+](=O)[O-])cc2)=N1. The lowest BCUT2D eigenvalue weighted by Gasteiger charge is -2.16. The van der Waals surface area contributed by atoms with Gasteiger partial charge in [0, 0.05) is 24.1 Å². The Bertz CT molecular complexity index is 612. The van der Waals surface area contributed by atoms with E-state index in [2.05, 4.69) is 10.3 Å². The fourth-order valence-corrected chi connectivity index (χ4v) is 2.65. The summed E-state index contributed by atoms with van der Waals surface area (Å²) >= 11 is 1.15. The highest BCUT2D eigenvalue weighted by Gasteiger charge is 2.19. The van der Waals surface area contributed by atoms with Gasteiger partial charge in [-0.05, 0) is 19.1 Å². The zero-order chi connectivity index (χ0) is 15.4. The molecule has 1 amide bonds. The minimum atomic E-state index is -0.517. The minimum absolute atomic E-state index is 0.0584. The van der Waals surface area contributed by atoms with Gasteiger partial charge in [-0.1, -0.05) is 11.8 Å². The summed E-state index contributed by atoms with van der Waals surface area (Å²) < 4.78 is 0. The van der Waals surface area contributed by atoms with Crippen LogP contribution in [-0.4, -0.2) is 33.6 Å². The van der Waals surface area contributed by atoms with E-state index in [1.807, 2.05) is 6.92 Å². The third kappa shape index (κ3) is 4.12. The lowest BCUT2D eigenvalue weighted by molar-refractivity contribution is -0.384. The molecular weight excluding hydrogens is 294 g/mol. The van der Waals surface area contributed by atoms with Crippen LogP contribution in [0.3, 0.4) is 0 Å². The molecule has 21 heavy (non-hydrogen) atoms. The summed E-state index contributed by atoms with van der Waals surface area (Å²) in [6.07, 6.45) is 0.348. The molecule has 0 radical (unpaired) electrons. The number of ketones is 1. The van der Waals surface area contributed by atoms with E-state index in [0.717, 1.165) is 11.8 Å². The molecule has 1 atom stereocenters. The number of hydrogen-bond donors (Lipinski definition) is 1. The van der Waals surface area contributed by atoms with Crippen molar-refractivity contribution in [1.82, 2.24) is 5.32 Å². The average molecular weight is 307 g/mol. The van der Waals surface area contributed by atoms with Crippen molar-refractivity contribution in [3.05, 3.63) is 39.9 Å². The van der Waals surface area contributed by atoms with Crippen molar-refractivity contribution in [2.45, 2.75) is 19.4 Å². The number of carbonyl (C=O) groups is 2. The van der Waals surface area contributed by atoms with Gasteiger partial charge in [-0.15, -0.1) is 0 Å². The number of hydrogen-bond acceptors (Lipinski definition) is 6. The Hall–Kier alpha value is -2.22. The first-order chi connectivity index (χ1) is 9.95. The number of carbonyl (C=O) groups excluding carboxylic acids is 2. The highest BCUT2D eigenvalue weighted by atomic mass is 32.2. The van der Waals surface area contributed by atoms with Crippen molar-refractivity contribution in [3.8, 4) is 0 Å². The molecule has 0 saturated carbocycles. The highest BCUT2D eigenvalue weighted by Crippen LogP contribution is 2.16. The Balaban J connectivity index is 1.95. The molecule has 2 rings (SSSR count). The van der Waals surface area contributed by atoms with Crippen LogP contribution in [0.2, 0.25) is 0 Å². The van der Waals surface area contributed by atoms with Gasteiger partial charge in [-0.2, -0.15) is 0 Å². The van der Waals surface area contributed by atoms with Crippen molar-refractivity contribution in [1.29, 1.82) is 0 Å². The van der Waals surface area contributed by atoms with Crippen molar-refractivity contribution in [3.63, 3.8) is 0 Å². The van der Waals surface area contributed by atoms with E-state index in [1.54, 1.807) is 0 Å². The Morgan fingerprint density at radius 3 is 2.71 bits per heavy atom. The molecule has 1 N–H and O–H groups in total. The van der Waals surface area contributed by atoms with Crippen LogP contribution < -0.4 is 5.32 Å². The summed E-state index contributed by atoms with van der Waals surface area (Å²) in [5.74, 6) is -0.170. The van der Waals surface area contributed by atoms with E-state index in [1.165, 1.54) is 24.3 Å². The number of rotatable bonds is 4. The van der Waals surface area contributed by atoms with Crippen LogP contribution in [0.4, 0.5) is 5.69 Å². The molecule has 110 valence electrons. The second kappa shape index (κ2) is 6.49. The van der Waals surface area contributed by atoms with Gasteiger partial charge in [0.25, 0.3) is 5.69 Å². The molecule has 0 aromatic heterocycles. The lowest BCUT2D eigenvalue weighted by atomic mass is 10.1. The van der Waals surface area contributed by atoms with Gasteiger partial charge in [-0.25, -0.2) is 0 Å². The Morgan fingerprint density at radius 1 is 1.48 bits per heavy atom. The first kappa shape index (κ1) is 15.2. The molecule has 0 spiro atoms. The maximum Gasteiger partial charge on any atom is 0.269 e. The second-order valence-electron chi connectivity index (χ2n) is 4.55. The molecule has 7 nitrogen and oxygen atoms in total. The van der Waals surface area contributed by atoms with Crippen LogP contribution >= 0.6 is 11.8 Å². The van der Waals surface area contributed by atoms with E-state index < -0.39 is 4.92 Å². The lowest BCUT2D eigenvalue weighted by Crippen LogP contribution is -2.36. The first-order valence-electron chi connectivity index (χ1n) is 6.24. The summed E-state index contributed by atoms with van der Waals surface area (Å²) in [4.78, 5) is 37.6. The van der Waals surface area contributed by atoms with Gasteiger partial charge in [-0.3, -0.25) is 24.7 Å². The zero-order valence-corrected chi connectivity index (χ0v) is 12.1. The number of benzene rings is 1. The van der Waals surface area contributed by atoms with Crippen molar-refractivity contribution in [2.24, 2.45) is 4.99 Å².